The Morgan fingerprint density at radius 3 is 2.73 bits per heavy atom. The maximum atomic E-state index is 12.5. The van der Waals surface area contributed by atoms with Gasteiger partial charge in [0.05, 0.1) is 17.3 Å². The molecule has 3 rings (SSSR count). The maximum absolute atomic E-state index is 12.5. The third kappa shape index (κ3) is 4.42. The maximum Gasteiger partial charge on any atom is 0.269 e. The predicted molar refractivity (Wildman–Crippen MR) is 100 cm³/mol. The molecule has 2 amide bonds. The lowest BCUT2D eigenvalue weighted by Gasteiger charge is -2.31. The van der Waals surface area contributed by atoms with Crippen LogP contribution < -0.4 is 10.6 Å². The van der Waals surface area contributed by atoms with Gasteiger partial charge < -0.3 is 10.6 Å². The summed E-state index contributed by atoms with van der Waals surface area (Å²) in [6.45, 7) is 1.97. The van der Waals surface area contributed by atoms with Crippen molar-refractivity contribution in [3.05, 3.63) is 41.0 Å². The fraction of sp³-hybridized carbons (Fsp3) is 0.389. The number of aromatic amines is 1. The van der Waals surface area contributed by atoms with E-state index in [0.717, 1.165) is 31.5 Å². The van der Waals surface area contributed by atoms with Crippen molar-refractivity contribution in [1.82, 2.24) is 25.7 Å². The Morgan fingerprint density at radius 2 is 2.04 bits per heavy atom. The number of likely N-dealkylation sites (tertiary alicyclic amines) is 1. The van der Waals surface area contributed by atoms with E-state index in [1.165, 1.54) is 0 Å². The minimum Gasteiger partial charge on any atom is -0.358 e. The first-order chi connectivity index (χ1) is 12.6. The monoisotopic (exact) mass is 375 g/mol. The minimum absolute atomic E-state index is 0.0112. The second-order valence-corrected chi connectivity index (χ2v) is 6.75. The normalized spacial score (nSPS) is 15.6. The van der Waals surface area contributed by atoms with Gasteiger partial charge in [0.25, 0.3) is 5.91 Å². The van der Waals surface area contributed by atoms with E-state index in [1.807, 2.05) is 18.2 Å². The van der Waals surface area contributed by atoms with Crippen LogP contribution in [0.15, 0.2) is 30.3 Å². The molecule has 1 saturated heterocycles. The molecule has 0 unspecified atom stereocenters. The molecule has 3 N–H and O–H groups in total. The topological polar surface area (TPSA) is 90.1 Å². The van der Waals surface area contributed by atoms with Crippen molar-refractivity contribution in [3.63, 3.8) is 0 Å². The van der Waals surface area contributed by atoms with Crippen LogP contribution in [-0.4, -0.2) is 59.6 Å². The Morgan fingerprint density at radius 1 is 1.31 bits per heavy atom. The number of carbonyl (C=O) groups is 2. The number of likely N-dealkylation sites (N-methyl/N-ethyl adjacent to an activating group) is 1. The van der Waals surface area contributed by atoms with Crippen molar-refractivity contribution >= 4 is 23.4 Å². The van der Waals surface area contributed by atoms with Gasteiger partial charge in [-0.15, -0.1) is 0 Å². The molecule has 0 radical (unpaired) electrons. The fourth-order valence-corrected chi connectivity index (χ4v) is 3.26. The molecule has 0 spiro atoms. The summed E-state index contributed by atoms with van der Waals surface area (Å²) >= 11 is 6.18. The van der Waals surface area contributed by atoms with Crippen LogP contribution >= 0.6 is 11.6 Å². The van der Waals surface area contributed by atoms with E-state index < -0.39 is 0 Å². The molecule has 1 aliphatic heterocycles. The molecule has 2 heterocycles. The number of aromatic nitrogens is 2. The van der Waals surface area contributed by atoms with Crippen molar-refractivity contribution < 1.29 is 9.59 Å². The van der Waals surface area contributed by atoms with Gasteiger partial charge in [-0.3, -0.25) is 19.6 Å². The van der Waals surface area contributed by atoms with Gasteiger partial charge in [0.2, 0.25) is 5.91 Å². The molecule has 0 saturated carbocycles. The van der Waals surface area contributed by atoms with Gasteiger partial charge in [-0.2, -0.15) is 5.10 Å². The van der Waals surface area contributed by atoms with Crippen LogP contribution in [0.1, 0.15) is 23.3 Å². The highest BCUT2D eigenvalue weighted by atomic mass is 35.5. The number of halogens is 1. The molecular formula is C18H22ClN5O2. The molecule has 138 valence electrons. The van der Waals surface area contributed by atoms with E-state index in [0.29, 0.717) is 23.0 Å². The molecule has 1 fully saturated rings. The Balaban J connectivity index is 1.55. The smallest absolute Gasteiger partial charge is 0.269 e. The molecule has 26 heavy (non-hydrogen) atoms. The highest BCUT2D eigenvalue weighted by molar-refractivity contribution is 6.33. The Bertz CT molecular complexity index is 783. The molecule has 8 heteroatoms. The first-order valence-electron chi connectivity index (χ1n) is 8.61. The highest BCUT2D eigenvalue weighted by Crippen LogP contribution is 2.26. The van der Waals surface area contributed by atoms with Crippen LogP contribution in [0, 0.1) is 0 Å². The third-order valence-corrected chi connectivity index (χ3v) is 4.87. The van der Waals surface area contributed by atoms with Gasteiger partial charge in [-0.1, -0.05) is 29.8 Å². The SMILES string of the molecule is CNC(=O)CN1CCC(NC(=O)c2cc(-c3ccccc3Cl)n[nH]2)CC1. The fourth-order valence-electron chi connectivity index (χ4n) is 3.03. The van der Waals surface area contributed by atoms with Crippen molar-refractivity contribution in [2.75, 3.05) is 26.7 Å². The number of benzene rings is 1. The molecule has 0 atom stereocenters. The van der Waals surface area contributed by atoms with E-state index >= 15 is 0 Å². The minimum atomic E-state index is -0.180. The van der Waals surface area contributed by atoms with Gasteiger partial charge in [-0.25, -0.2) is 0 Å². The second kappa shape index (κ2) is 8.33. The largest absolute Gasteiger partial charge is 0.358 e. The summed E-state index contributed by atoms with van der Waals surface area (Å²) in [5.74, 6) is -0.169. The van der Waals surface area contributed by atoms with Crippen LogP contribution in [0.3, 0.4) is 0 Å². The molecule has 0 aliphatic carbocycles. The van der Waals surface area contributed by atoms with Gasteiger partial charge in [-0.05, 0) is 25.0 Å². The zero-order chi connectivity index (χ0) is 18.5. The molecule has 1 aromatic heterocycles. The molecule has 0 bridgehead atoms. The van der Waals surface area contributed by atoms with Crippen molar-refractivity contribution in [1.29, 1.82) is 0 Å². The van der Waals surface area contributed by atoms with Gasteiger partial charge in [0, 0.05) is 31.7 Å². The number of H-pyrrole nitrogens is 1. The number of nitrogens with one attached hydrogen (secondary N) is 3. The van der Waals surface area contributed by atoms with E-state index in [9.17, 15) is 9.59 Å². The molecule has 2 aromatic rings. The third-order valence-electron chi connectivity index (χ3n) is 4.54. The Kier molecular flexibility index (Phi) is 5.90. The van der Waals surface area contributed by atoms with Crippen LogP contribution in [0.5, 0.6) is 0 Å². The summed E-state index contributed by atoms with van der Waals surface area (Å²) in [5.41, 5.74) is 1.83. The number of amides is 2. The zero-order valence-corrected chi connectivity index (χ0v) is 15.3. The average Bonchev–Trinajstić information content (AvgIpc) is 3.13. The molecule has 1 aromatic carbocycles. The van der Waals surface area contributed by atoms with E-state index in [-0.39, 0.29) is 17.9 Å². The number of hydrogen-bond acceptors (Lipinski definition) is 4. The zero-order valence-electron chi connectivity index (χ0n) is 14.6. The number of piperidine rings is 1. The van der Waals surface area contributed by atoms with Crippen LogP contribution in [0.4, 0.5) is 0 Å². The van der Waals surface area contributed by atoms with E-state index in [2.05, 4.69) is 25.7 Å². The summed E-state index contributed by atoms with van der Waals surface area (Å²) in [7, 11) is 1.64. The molecule has 7 nitrogen and oxygen atoms in total. The lowest BCUT2D eigenvalue weighted by Crippen LogP contribution is -2.47. The summed E-state index contributed by atoms with van der Waals surface area (Å²) in [6.07, 6.45) is 1.63. The van der Waals surface area contributed by atoms with Crippen molar-refractivity contribution in [2.45, 2.75) is 18.9 Å². The number of rotatable bonds is 5. The van der Waals surface area contributed by atoms with Gasteiger partial charge >= 0.3 is 0 Å². The lowest BCUT2D eigenvalue weighted by molar-refractivity contribution is -0.122. The van der Waals surface area contributed by atoms with Crippen molar-refractivity contribution in [2.24, 2.45) is 0 Å². The number of hydrogen-bond donors (Lipinski definition) is 3. The lowest BCUT2D eigenvalue weighted by atomic mass is 10.0. The second-order valence-electron chi connectivity index (χ2n) is 6.34. The first-order valence-corrected chi connectivity index (χ1v) is 8.98. The summed E-state index contributed by atoms with van der Waals surface area (Å²) in [5, 5.41) is 13.2. The standard InChI is InChI=1S/C18H22ClN5O2/c1-20-17(25)11-24-8-6-12(7-9-24)21-18(26)16-10-15(22-23-16)13-4-2-3-5-14(13)19/h2-5,10,12H,6-9,11H2,1H3,(H,20,25)(H,21,26)(H,22,23). The number of nitrogens with zero attached hydrogens (tertiary/aromatic N) is 2. The highest BCUT2D eigenvalue weighted by Gasteiger charge is 2.23. The quantitative estimate of drug-likeness (QED) is 0.741. The average molecular weight is 376 g/mol. The van der Waals surface area contributed by atoms with E-state index in [1.54, 1.807) is 19.2 Å². The van der Waals surface area contributed by atoms with Gasteiger partial charge in [0.15, 0.2) is 0 Å². The van der Waals surface area contributed by atoms with Crippen LogP contribution in [0.25, 0.3) is 11.3 Å². The van der Waals surface area contributed by atoms with Crippen LogP contribution in [-0.2, 0) is 4.79 Å². The Labute approximate surface area is 157 Å². The number of carbonyl (C=O) groups excluding carboxylic acids is 2. The van der Waals surface area contributed by atoms with Gasteiger partial charge in [0.1, 0.15) is 5.69 Å². The predicted octanol–water partition coefficient (Wildman–Crippen LogP) is 1.67. The summed E-state index contributed by atoms with van der Waals surface area (Å²) in [4.78, 5) is 26.0. The summed E-state index contributed by atoms with van der Waals surface area (Å²) in [6, 6.07) is 9.18. The van der Waals surface area contributed by atoms with Crippen molar-refractivity contribution in [3.8, 4) is 11.3 Å². The van der Waals surface area contributed by atoms with E-state index in [4.69, 9.17) is 11.6 Å². The van der Waals surface area contributed by atoms with Crippen LogP contribution in [0.2, 0.25) is 5.02 Å². The first kappa shape index (κ1) is 18.4. The Hall–Kier alpha value is -2.38. The molecular weight excluding hydrogens is 354 g/mol. The summed E-state index contributed by atoms with van der Waals surface area (Å²) < 4.78 is 0. The molecule has 1 aliphatic rings.